The van der Waals surface area contributed by atoms with Gasteiger partial charge in [-0.05, 0) is 6.92 Å². The van der Waals surface area contributed by atoms with Crippen molar-refractivity contribution in [3.63, 3.8) is 0 Å². The third-order valence-electron chi connectivity index (χ3n) is 2.64. The number of aromatic nitrogens is 2. The molecule has 1 unspecified atom stereocenters. The lowest BCUT2D eigenvalue weighted by atomic mass is 9.96. The summed E-state index contributed by atoms with van der Waals surface area (Å²) < 4.78 is 0. The third kappa shape index (κ3) is 3.54. The van der Waals surface area contributed by atoms with E-state index in [1.165, 1.54) is 0 Å². The zero-order valence-corrected chi connectivity index (χ0v) is 11.8. The van der Waals surface area contributed by atoms with Crippen LogP contribution in [-0.2, 0) is 5.41 Å². The molecule has 1 heterocycles. The summed E-state index contributed by atoms with van der Waals surface area (Å²) in [6, 6.07) is 1.71. The smallest absolute Gasteiger partial charge is 0.137 e. The van der Waals surface area contributed by atoms with Crippen LogP contribution in [0, 0.1) is 0 Å². The third-order valence-corrected chi connectivity index (χ3v) is 2.83. The quantitative estimate of drug-likeness (QED) is 0.844. The van der Waals surface area contributed by atoms with Crippen LogP contribution in [0.1, 0.15) is 33.5 Å². The minimum absolute atomic E-state index is 0.00575. The summed E-state index contributed by atoms with van der Waals surface area (Å²) in [7, 11) is 1.88. The largest absolute Gasteiger partial charge is 0.394 e. The number of likely N-dealkylation sites (N-methyl/N-ethyl adjacent to an activating group) is 1. The van der Waals surface area contributed by atoms with Gasteiger partial charge in [0, 0.05) is 18.5 Å². The molecule has 0 fully saturated rings. The van der Waals surface area contributed by atoms with Gasteiger partial charge >= 0.3 is 0 Å². The highest BCUT2D eigenvalue weighted by molar-refractivity contribution is 6.29. The molecule has 0 radical (unpaired) electrons. The SMILES string of the molecule is CC(CO)N(C)c1cc(Cl)nc(C(C)(C)C)n1. The van der Waals surface area contributed by atoms with Gasteiger partial charge in [-0.25, -0.2) is 9.97 Å². The van der Waals surface area contributed by atoms with Gasteiger partial charge in [-0.3, -0.25) is 0 Å². The molecule has 1 aromatic rings. The first-order chi connectivity index (χ1) is 7.75. The topological polar surface area (TPSA) is 49.2 Å². The molecular formula is C12H20ClN3O. The molecule has 0 spiro atoms. The van der Waals surface area contributed by atoms with E-state index in [1.54, 1.807) is 6.07 Å². The molecular weight excluding hydrogens is 238 g/mol. The first kappa shape index (κ1) is 14.2. The highest BCUT2D eigenvalue weighted by Crippen LogP contribution is 2.24. The summed E-state index contributed by atoms with van der Waals surface area (Å²) in [5, 5.41) is 9.57. The fourth-order valence-electron chi connectivity index (χ4n) is 1.27. The Hall–Kier alpha value is -0.870. The fourth-order valence-corrected chi connectivity index (χ4v) is 1.45. The van der Waals surface area contributed by atoms with Crippen molar-refractivity contribution in [2.45, 2.75) is 39.2 Å². The number of hydrogen-bond donors (Lipinski definition) is 1. The predicted octanol–water partition coefficient (Wildman–Crippen LogP) is 2.24. The predicted molar refractivity (Wildman–Crippen MR) is 70.7 cm³/mol. The molecule has 1 aromatic heterocycles. The number of halogens is 1. The maximum absolute atomic E-state index is 9.15. The van der Waals surface area contributed by atoms with Gasteiger partial charge in [-0.2, -0.15) is 0 Å². The van der Waals surface area contributed by atoms with Crippen molar-refractivity contribution in [3.05, 3.63) is 17.0 Å². The number of rotatable bonds is 3. The van der Waals surface area contributed by atoms with Crippen molar-refractivity contribution >= 4 is 17.4 Å². The van der Waals surface area contributed by atoms with E-state index in [0.717, 1.165) is 5.82 Å². The van der Waals surface area contributed by atoms with Crippen LogP contribution in [0.15, 0.2) is 6.07 Å². The summed E-state index contributed by atoms with van der Waals surface area (Å²) in [6.45, 7) is 8.11. The van der Waals surface area contributed by atoms with E-state index >= 15 is 0 Å². The zero-order chi connectivity index (χ0) is 13.2. The van der Waals surface area contributed by atoms with Gasteiger partial charge < -0.3 is 10.0 Å². The van der Waals surface area contributed by atoms with Gasteiger partial charge in [0.2, 0.25) is 0 Å². The molecule has 17 heavy (non-hydrogen) atoms. The van der Waals surface area contributed by atoms with Crippen LogP contribution in [0.3, 0.4) is 0 Å². The molecule has 0 aromatic carbocycles. The summed E-state index contributed by atoms with van der Waals surface area (Å²) in [4.78, 5) is 10.6. The van der Waals surface area contributed by atoms with Gasteiger partial charge in [0.05, 0.1) is 12.6 Å². The van der Waals surface area contributed by atoms with Crippen molar-refractivity contribution in [2.75, 3.05) is 18.6 Å². The minimum Gasteiger partial charge on any atom is -0.394 e. The summed E-state index contributed by atoms with van der Waals surface area (Å²) in [5.41, 5.74) is -0.150. The van der Waals surface area contributed by atoms with Crippen molar-refractivity contribution in [1.82, 2.24) is 9.97 Å². The first-order valence-corrected chi connectivity index (χ1v) is 6.02. The molecule has 1 N–H and O–H groups in total. The van der Waals surface area contributed by atoms with Crippen LogP contribution >= 0.6 is 11.6 Å². The van der Waals surface area contributed by atoms with Gasteiger partial charge in [0.25, 0.3) is 0 Å². The molecule has 0 aliphatic carbocycles. The van der Waals surface area contributed by atoms with Crippen molar-refractivity contribution < 1.29 is 5.11 Å². The second-order valence-electron chi connectivity index (χ2n) is 5.26. The molecule has 0 saturated heterocycles. The first-order valence-electron chi connectivity index (χ1n) is 5.64. The Morgan fingerprint density at radius 1 is 1.41 bits per heavy atom. The molecule has 0 aliphatic rings. The van der Waals surface area contributed by atoms with E-state index in [9.17, 15) is 0 Å². The maximum Gasteiger partial charge on any atom is 0.137 e. The standard InChI is InChI=1S/C12H20ClN3O/c1-8(7-17)16(5)10-6-9(13)14-11(15-10)12(2,3)4/h6,8,17H,7H2,1-5H3. The van der Waals surface area contributed by atoms with Crippen LogP contribution in [-0.4, -0.2) is 34.8 Å². The Bertz CT molecular complexity index is 390. The molecule has 5 heteroatoms. The van der Waals surface area contributed by atoms with Gasteiger partial charge in [-0.1, -0.05) is 32.4 Å². The molecule has 4 nitrogen and oxygen atoms in total. The van der Waals surface area contributed by atoms with Gasteiger partial charge in [0.15, 0.2) is 0 Å². The number of anilines is 1. The van der Waals surface area contributed by atoms with E-state index < -0.39 is 0 Å². The van der Waals surface area contributed by atoms with Crippen LogP contribution < -0.4 is 4.90 Å². The molecule has 0 bridgehead atoms. The van der Waals surface area contributed by atoms with Crippen LogP contribution in [0.4, 0.5) is 5.82 Å². The van der Waals surface area contributed by atoms with Gasteiger partial charge in [-0.15, -0.1) is 0 Å². The Kier molecular flexibility index (Phi) is 4.33. The average Bonchev–Trinajstić information content (AvgIpc) is 2.25. The summed E-state index contributed by atoms with van der Waals surface area (Å²) in [5.74, 6) is 1.44. The highest BCUT2D eigenvalue weighted by Gasteiger charge is 2.20. The lowest BCUT2D eigenvalue weighted by Gasteiger charge is -2.26. The van der Waals surface area contributed by atoms with Crippen LogP contribution in [0.25, 0.3) is 0 Å². The molecule has 0 aliphatic heterocycles. The van der Waals surface area contributed by atoms with Crippen molar-refractivity contribution in [2.24, 2.45) is 0 Å². The molecule has 1 atom stereocenters. The number of nitrogens with zero attached hydrogens (tertiary/aromatic N) is 3. The van der Waals surface area contributed by atoms with Gasteiger partial charge in [0.1, 0.15) is 16.8 Å². The minimum atomic E-state index is -0.150. The number of aliphatic hydroxyl groups is 1. The van der Waals surface area contributed by atoms with E-state index in [-0.39, 0.29) is 18.1 Å². The van der Waals surface area contributed by atoms with Crippen molar-refractivity contribution in [3.8, 4) is 0 Å². The normalized spacial score (nSPS) is 13.6. The van der Waals surface area contributed by atoms with Crippen LogP contribution in [0.2, 0.25) is 5.15 Å². The molecule has 0 saturated carbocycles. The fraction of sp³-hybridized carbons (Fsp3) is 0.667. The van der Waals surface area contributed by atoms with Crippen LogP contribution in [0.5, 0.6) is 0 Å². The average molecular weight is 258 g/mol. The summed E-state index contributed by atoms with van der Waals surface area (Å²) in [6.07, 6.45) is 0. The van der Waals surface area contributed by atoms with E-state index in [4.69, 9.17) is 16.7 Å². The Morgan fingerprint density at radius 2 is 2.00 bits per heavy atom. The van der Waals surface area contributed by atoms with E-state index in [1.807, 2.05) is 39.6 Å². The monoisotopic (exact) mass is 257 g/mol. The molecule has 0 amide bonds. The Balaban J connectivity index is 3.14. The Labute approximate surface area is 108 Å². The van der Waals surface area contributed by atoms with E-state index in [2.05, 4.69) is 9.97 Å². The molecule has 1 rings (SSSR count). The Morgan fingerprint density at radius 3 is 2.47 bits per heavy atom. The summed E-state index contributed by atoms with van der Waals surface area (Å²) >= 11 is 6.01. The second kappa shape index (κ2) is 5.19. The molecule has 96 valence electrons. The number of hydrogen-bond acceptors (Lipinski definition) is 4. The highest BCUT2D eigenvalue weighted by atomic mass is 35.5. The van der Waals surface area contributed by atoms with E-state index in [0.29, 0.717) is 11.0 Å². The lowest BCUT2D eigenvalue weighted by Crippen LogP contribution is -2.33. The van der Waals surface area contributed by atoms with Crippen molar-refractivity contribution in [1.29, 1.82) is 0 Å². The second-order valence-corrected chi connectivity index (χ2v) is 5.65. The zero-order valence-electron chi connectivity index (χ0n) is 11.0. The number of aliphatic hydroxyl groups excluding tert-OH is 1. The lowest BCUT2D eigenvalue weighted by molar-refractivity contribution is 0.269. The maximum atomic E-state index is 9.15.